The molecule has 168 valence electrons. The summed E-state index contributed by atoms with van der Waals surface area (Å²) in [5.41, 5.74) is 8.27. The normalized spacial score (nSPS) is 21.8. The van der Waals surface area contributed by atoms with Crippen LogP contribution in [0.4, 0.5) is 11.4 Å². The largest absolute Gasteiger partial charge is 0.466 e. The van der Waals surface area contributed by atoms with E-state index in [2.05, 4.69) is 5.32 Å². The van der Waals surface area contributed by atoms with Crippen LogP contribution in [0, 0.1) is 6.92 Å². The van der Waals surface area contributed by atoms with E-state index in [-0.39, 0.29) is 29.2 Å². The number of amides is 1. The number of Topliss-reactive ketones (excluding diaryl/α,β-unsaturated/α-hetero) is 1. The molecule has 1 atom stereocenters. The van der Waals surface area contributed by atoms with Crippen LogP contribution in [0.5, 0.6) is 0 Å². The molecule has 1 aliphatic carbocycles. The molecule has 2 heterocycles. The van der Waals surface area contributed by atoms with Crippen LogP contribution in [0.3, 0.4) is 0 Å². The number of rotatable bonds is 2. The van der Waals surface area contributed by atoms with Gasteiger partial charge in [-0.3, -0.25) is 14.5 Å². The highest BCUT2D eigenvalue weighted by molar-refractivity contribution is 6.33. The van der Waals surface area contributed by atoms with Crippen LogP contribution in [0.25, 0.3) is 0 Å². The van der Waals surface area contributed by atoms with Crippen LogP contribution in [-0.2, 0) is 24.5 Å². The van der Waals surface area contributed by atoms with E-state index in [9.17, 15) is 14.4 Å². The van der Waals surface area contributed by atoms with Gasteiger partial charge in [0, 0.05) is 28.9 Å². The van der Waals surface area contributed by atoms with Gasteiger partial charge in [0.2, 0.25) is 5.91 Å². The Morgan fingerprint density at radius 3 is 2.67 bits per heavy atom. The topological polar surface area (TPSA) is 102 Å². The lowest BCUT2D eigenvalue weighted by molar-refractivity contribution is -0.138. The van der Waals surface area contributed by atoms with Crippen molar-refractivity contribution < 1.29 is 19.1 Å². The predicted molar refractivity (Wildman–Crippen MR) is 125 cm³/mol. The van der Waals surface area contributed by atoms with Crippen molar-refractivity contribution in [3.05, 3.63) is 81.3 Å². The van der Waals surface area contributed by atoms with Gasteiger partial charge in [0.15, 0.2) is 5.78 Å². The molecule has 7 nitrogen and oxygen atoms in total. The fourth-order valence-electron chi connectivity index (χ4n) is 5.23. The molecule has 0 saturated carbocycles. The quantitative estimate of drug-likeness (QED) is 0.658. The van der Waals surface area contributed by atoms with E-state index in [1.807, 2.05) is 13.0 Å². The number of allylic oxidation sites excluding steroid dienone is 1. The first-order chi connectivity index (χ1) is 15.8. The maximum absolute atomic E-state index is 13.7. The number of ether oxygens (including phenoxy) is 1. The molecule has 1 amide bonds. The number of fused-ring (bicyclic) bond motifs is 3. The Balaban J connectivity index is 1.92. The fourth-order valence-corrected chi connectivity index (χ4v) is 5.55. The Labute approximate surface area is 195 Å². The highest BCUT2D eigenvalue weighted by Gasteiger charge is 2.61. The number of anilines is 2. The molecule has 0 saturated heterocycles. The number of hydrogen-bond donors (Lipinski definition) is 2. The minimum atomic E-state index is -1.69. The molecule has 0 aromatic heterocycles. The third kappa shape index (κ3) is 2.78. The molecule has 1 spiro atoms. The van der Waals surface area contributed by atoms with E-state index in [1.54, 1.807) is 41.3 Å². The molecule has 0 fully saturated rings. The van der Waals surface area contributed by atoms with Gasteiger partial charge >= 0.3 is 5.97 Å². The van der Waals surface area contributed by atoms with E-state index in [0.29, 0.717) is 40.5 Å². The summed E-state index contributed by atoms with van der Waals surface area (Å²) in [6.07, 6.45) is 1.36. The average molecular weight is 464 g/mol. The lowest BCUT2D eigenvalue weighted by Crippen LogP contribution is -2.53. The zero-order chi connectivity index (χ0) is 23.5. The summed E-state index contributed by atoms with van der Waals surface area (Å²) < 4.78 is 5.11. The molecule has 2 aliphatic heterocycles. The Bertz CT molecular complexity index is 1310. The minimum Gasteiger partial charge on any atom is -0.466 e. The summed E-state index contributed by atoms with van der Waals surface area (Å²) in [6, 6.07) is 12.5. The molecule has 3 N–H and O–H groups in total. The number of methoxy groups -OCH3 is 1. The van der Waals surface area contributed by atoms with Crippen molar-refractivity contribution in [3.8, 4) is 0 Å². The summed E-state index contributed by atoms with van der Waals surface area (Å²) in [5.74, 6) is -1.46. The first-order valence-electron chi connectivity index (χ1n) is 10.6. The van der Waals surface area contributed by atoms with Crippen LogP contribution in [0.15, 0.2) is 65.1 Å². The predicted octanol–water partition coefficient (Wildman–Crippen LogP) is 3.71. The molecule has 0 radical (unpaired) electrons. The van der Waals surface area contributed by atoms with Gasteiger partial charge in [0.05, 0.1) is 17.8 Å². The Morgan fingerprint density at radius 2 is 1.94 bits per heavy atom. The van der Waals surface area contributed by atoms with Crippen molar-refractivity contribution >= 4 is 40.6 Å². The lowest BCUT2D eigenvalue weighted by Gasteiger charge is -2.44. The van der Waals surface area contributed by atoms with E-state index >= 15 is 0 Å². The third-order valence-corrected chi connectivity index (χ3v) is 6.86. The highest BCUT2D eigenvalue weighted by atomic mass is 35.5. The van der Waals surface area contributed by atoms with Gasteiger partial charge in [-0.25, -0.2) is 4.79 Å². The first kappa shape index (κ1) is 21.3. The Kier molecular flexibility index (Phi) is 4.83. The number of aryl methyl sites for hydroxylation is 1. The van der Waals surface area contributed by atoms with Crippen molar-refractivity contribution in [2.45, 2.75) is 31.6 Å². The van der Waals surface area contributed by atoms with Gasteiger partial charge in [-0.15, -0.1) is 0 Å². The van der Waals surface area contributed by atoms with Gasteiger partial charge in [0.1, 0.15) is 16.8 Å². The molecular weight excluding hydrogens is 442 g/mol. The van der Waals surface area contributed by atoms with E-state index in [1.165, 1.54) is 7.11 Å². The second-order valence-corrected chi connectivity index (χ2v) is 8.80. The molecule has 1 unspecified atom stereocenters. The van der Waals surface area contributed by atoms with Crippen LogP contribution in [0.2, 0.25) is 5.02 Å². The smallest absolute Gasteiger partial charge is 0.339 e. The maximum atomic E-state index is 13.7. The number of nitrogens with one attached hydrogen (secondary N) is 1. The zero-order valence-corrected chi connectivity index (χ0v) is 19.0. The number of para-hydroxylation sites is 1. The van der Waals surface area contributed by atoms with Gasteiger partial charge < -0.3 is 15.8 Å². The number of hydrogen-bond acceptors (Lipinski definition) is 6. The van der Waals surface area contributed by atoms with Crippen LogP contribution in [0.1, 0.15) is 30.4 Å². The summed E-state index contributed by atoms with van der Waals surface area (Å²) in [6.45, 7) is 1.91. The highest BCUT2D eigenvalue weighted by Crippen LogP contribution is 2.55. The average Bonchev–Trinajstić information content (AvgIpc) is 3.07. The summed E-state index contributed by atoms with van der Waals surface area (Å²) in [4.78, 5) is 42.1. The summed E-state index contributed by atoms with van der Waals surface area (Å²) in [5, 5.41) is 3.26. The van der Waals surface area contributed by atoms with Crippen molar-refractivity contribution in [1.82, 2.24) is 0 Å². The van der Waals surface area contributed by atoms with Crippen molar-refractivity contribution in [2.75, 3.05) is 17.3 Å². The Morgan fingerprint density at radius 1 is 1.18 bits per heavy atom. The molecule has 5 rings (SSSR count). The zero-order valence-electron chi connectivity index (χ0n) is 18.2. The number of halogens is 1. The number of ketones is 1. The van der Waals surface area contributed by atoms with Gasteiger partial charge in [-0.05, 0) is 43.5 Å². The molecule has 2 aromatic rings. The lowest BCUT2D eigenvalue weighted by atomic mass is 9.63. The van der Waals surface area contributed by atoms with Gasteiger partial charge in [0.25, 0.3) is 0 Å². The number of benzene rings is 2. The fraction of sp³-hybridized carbons (Fsp3) is 0.240. The third-order valence-electron chi connectivity index (χ3n) is 6.56. The second kappa shape index (κ2) is 7.49. The van der Waals surface area contributed by atoms with Crippen LogP contribution >= 0.6 is 11.6 Å². The number of carbonyl (C=O) groups excluding carboxylic acids is 3. The van der Waals surface area contributed by atoms with Gasteiger partial charge in [-0.2, -0.15) is 0 Å². The number of carbonyl (C=O) groups is 3. The second-order valence-electron chi connectivity index (χ2n) is 8.39. The van der Waals surface area contributed by atoms with Crippen molar-refractivity contribution in [3.63, 3.8) is 0 Å². The van der Waals surface area contributed by atoms with Crippen molar-refractivity contribution in [2.24, 2.45) is 5.73 Å². The SMILES string of the molecule is COC(=O)C1=C(N)N(c2ccc(C)cc2Cl)C2=C(C(=O)CCC2)C12C(=O)Nc1ccccc12. The van der Waals surface area contributed by atoms with E-state index < -0.39 is 17.3 Å². The first-order valence-corrected chi connectivity index (χ1v) is 11.0. The molecule has 3 aliphatic rings. The summed E-state index contributed by atoms with van der Waals surface area (Å²) >= 11 is 6.60. The molecule has 33 heavy (non-hydrogen) atoms. The van der Waals surface area contributed by atoms with Crippen LogP contribution in [-0.4, -0.2) is 24.8 Å². The van der Waals surface area contributed by atoms with Gasteiger partial charge in [-0.1, -0.05) is 35.9 Å². The molecule has 2 aromatic carbocycles. The molecule has 0 bridgehead atoms. The van der Waals surface area contributed by atoms with Crippen LogP contribution < -0.4 is 16.0 Å². The maximum Gasteiger partial charge on any atom is 0.339 e. The number of esters is 1. The van der Waals surface area contributed by atoms with E-state index in [0.717, 1.165) is 5.56 Å². The summed E-state index contributed by atoms with van der Waals surface area (Å²) in [7, 11) is 1.23. The molecule has 8 heteroatoms. The standard InChI is InChI=1S/C25H22ClN3O4/c1-13-10-11-17(15(26)12-13)29-18-8-5-9-19(30)20(18)25(21(22(29)27)23(31)33-2)14-6-3-4-7-16(14)28-24(25)32/h3-4,6-7,10-12H,5,8-9,27H2,1-2H3,(H,28,32). The van der Waals surface area contributed by atoms with Crippen molar-refractivity contribution in [1.29, 1.82) is 0 Å². The number of nitrogens with two attached hydrogens (primary N) is 1. The monoisotopic (exact) mass is 463 g/mol. The molecular formula is C25H22ClN3O4. The minimum absolute atomic E-state index is 0.0212. The number of nitrogens with zero attached hydrogens (tertiary/aromatic N) is 1. The van der Waals surface area contributed by atoms with E-state index in [4.69, 9.17) is 22.1 Å². The Hall–Kier alpha value is -3.58.